The monoisotopic (exact) mass is 355 g/mol. The van der Waals surface area contributed by atoms with Gasteiger partial charge in [-0.15, -0.1) is 0 Å². The first-order valence-electron chi connectivity index (χ1n) is 7.08. The van der Waals surface area contributed by atoms with Crippen LogP contribution in [0.4, 0.5) is 0 Å². The molecule has 0 saturated carbocycles. The molecule has 2 rings (SSSR count). The average molecular weight is 356 g/mol. The van der Waals surface area contributed by atoms with E-state index < -0.39 is 5.97 Å². The molecule has 6 heteroatoms. The first kappa shape index (κ1) is 16.4. The maximum absolute atomic E-state index is 10.9. The topological polar surface area (TPSA) is 55.8 Å². The van der Waals surface area contributed by atoms with Crippen LogP contribution in [-0.4, -0.2) is 67.2 Å². The van der Waals surface area contributed by atoms with Crippen LogP contribution in [0.2, 0.25) is 0 Å². The van der Waals surface area contributed by atoms with Gasteiger partial charge in [0.25, 0.3) is 0 Å². The molecule has 0 amide bonds. The van der Waals surface area contributed by atoms with Crippen LogP contribution in [0.1, 0.15) is 15.9 Å². The second-order valence-corrected chi connectivity index (χ2v) is 6.49. The Morgan fingerprint density at radius 2 is 2.19 bits per heavy atom. The van der Waals surface area contributed by atoms with Crippen molar-refractivity contribution in [1.82, 2.24) is 15.1 Å². The van der Waals surface area contributed by atoms with Gasteiger partial charge in [0.1, 0.15) is 0 Å². The standard InChI is InChI=1S/C15H22BrN3O2/c1-18-5-6-19(2)13(10-18)9-17-8-12-4-3-11(15(20)21)7-14(12)16/h3-4,7,13,17H,5-6,8-10H2,1-2H3,(H,20,21). The molecule has 0 spiro atoms. The number of carboxylic acids is 1. The molecule has 21 heavy (non-hydrogen) atoms. The smallest absolute Gasteiger partial charge is 0.335 e. The fraction of sp³-hybridized carbons (Fsp3) is 0.533. The lowest BCUT2D eigenvalue weighted by Crippen LogP contribution is -2.53. The van der Waals surface area contributed by atoms with Crippen molar-refractivity contribution in [2.45, 2.75) is 12.6 Å². The van der Waals surface area contributed by atoms with Gasteiger partial charge in [0.15, 0.2) is 0 Å². The number of halogens is 1. The molecule has 0 aliphatic carbocycles. The minimum atomic E-state index is -0.901. The third kappa shape index (κ3) is 4.51. The summed E-state index contributed by atoms with van der Waals surface area (Å²) in [6, 6.07) is 5.67. The number of carbonyl (C=O) groups is 1. The number of carboxylic acid groups (broad SMARTS) is 1. The Bertz CT molecular complexity index is 510. The number of nitrogens with one attached hydrogen (secondary N) is 1. The molecular formula is C15H22BrN3O2. The lowest BCUT2D eigenvalue weighted by atomic mass is 10.1. The highest BCUT2D eigenvalue weighted by Gasteiger charge is 2.21. The van der Waals surface area contributed by atoms with Crippen molar-refractivity contribution < 1.29 is 9.90 Å². The van der Waals surface area contributed by atoms with E-state index in [1.165, 1.54) is 0 Å². The Morgan fingerprint density at radius 3 is 2.86 bits per heavy atom. The van der Waals surface area contributed by atoms with Crippen LogP contribution >= 0.6 is 15.9 Å². The number of hydrogen-bond acceptors (Lipinski definition) is 4. The highest BCUT2D eigenvalue weighted by molar-refractivity contribution is 9.10. The molecule has 0 aromatic heterocycles. The molecule has 1 aromatic rings. The SMILES string of the molecule is CN1CCN(C)C(CNCc2ccc(C(=O)O)cc2Br)C1. The second-order valence-electron chi connectivity index (χ2n) is 5.64. The van der Waals surface area contributed by atoms with Crippen LogP contribution in [0.3, 0.4) is 0 Å². The molecule has 0 bridgehead atoms. The molecule has 1 atom stereocenters. The minimum Gasteiger partial charge on any atom is -0.478 e. The lowest BCUT2D eigenvalue weighted by Gasteiger charge is -2.37. The Kier molecular flexibility index (Phi) is 5.75. The quantitative estimate of drug-likeness (QED) is 0.837. The van der Waals surface area contributed by atoms with Gasteiger partial charge in [-0.25, -0.2) is 4.79 Å². The van der Waals surface area contributed by atoms with Crippen molar-refractivity contribution in [3.63, 3.8) is 0 Å². The van der Waals surface area contributed by atoms with Gasteiger partial charge in [0.05, 0.1) is 5.56 Å². The van der Waals surface area contributed by atoms with Crippen molar-refractivity contribution in [2.24, 2.45) is 0 Å². The van der Waals surface area contributed by atoms with E-state index in [-0.39, 0.29) is 0 Å². The maximum atomic E-state index is 10.9. The fourth-order valence-corrected chi connectivity index (χ4v) is 3.04. The van der Waals surface area contributed by atoms with E-state index in [0.717, 1.165) is 42.8 Å². The highest BCUT2D eigenvalue weighted by Crippen LogP contribution is 2.18. The molecule has 1 unspecified atom stereocenters. The van der Waals surface area contributed by atoms with E-state index in [1.54, 1.807) is 12.1 Å². The molecule has 1 aromatic carbocycles. The van der Waals surface area contributed by atoms with Crippen LogP contribution < -0.4 is 5.32 Å². The summed E-state index contributed by atoms with van der Waals surface area (Å²) < 4.78 is 0.837. The van der Waals surface area contributed by atoms with Gasteiger partial charge < -0.3 is 15.3 Å². The van der Waals surface area contributed by atoms with Crippen LogP contribution in [0.15, 0.2) is 22.7 Å². The predicted molar refractivity (Wildman–Crippen MR) is 86.7 cm³/mol. The maximum Gasteiger partial charge on any atom is 0.335 e. The number of benzene rings is 1. The molecule has 1 aliphatic heterocycles. The summed E-state index contributed by atoms with van der Waals surface area (Å²) in [7, 11) is 4.32. The van der Waals surface area contributed by atoms with Gasteiger partial charge >= 0.3 is 5.97 Å². The number of rotatable bonds is 5. The van der Waals surface area contributed by atoms with Gasteiger partial charge in [-0.2, -0.15) is 0 Å². The number of likely N-dealkylation sites (N-methyl/N-ethyl adjacent to an activating group) is 2. The number of aromatic carboxylic acids is 1. The lowest BCUT2D eigenvalue weighted by molar-refractivity contribution is 0.0697. The van der Waals surface area contributed by atoms with E-state index in [2.05, 4.69) is 45.1 Å². The van der Waals surface area contributed by atoms with Crippen molar-refractivity contribution in [1.29, 1.82) is 0 Å². The molecule has 5 nitrogen and oxygen atoms in total. The molecule has 0 radical (unpaired) electrons. The molecule has 116 valence electrons. The molecule has 1 aliphatic rings. The summed E-state index contributed by atoms with van der Waals surface area (Å²) in [5.41, 5.74) is 1.38. The van der Waals surface area contributed by atoms with Crippen LogP contribution in [0.25, 0.3) is 0 Å². The zero-order chi connectivity index (χ0) is 15.4. The van der Waals surface area contributed by atoms with Crippen molar-refractivity contribution in [3.05, 3.63) is 33.8 Å². The largest absolute Gasteiger partial charge is 0.478 e. The molecular weight excluding hydrogens is 334 g/mol. The van der Waals surface area contributed by atoms with E-state index in [4.69, 9.17) is 5.11 Å². The van der Waals surface area contributed by atoms with Crippen molar-refractivity contribution >= 4 is 21.9 Å². The summed E-state index contributed by atoms with van der Waals surface area (Å²) in [5.74, 6) is -0.901. The van der Waals surface area contributed by atoms with Crippen LogP contribution in [0.5, 0.6) is 0 Å². The average Bonchev–Trinajstić information content (AvgIpc) is 2.44. The Balaban J connectivity index is 1.87. The first-order chi connectivity index (χ1) is 9.97. The van der Waals surface area contributed by atoms with E-state index in [1.807, 2.05) is 6.07 Å². The number of hydrogen-bond donors (Lipinski definition) is 2. The van der Waals surface area contributed by atoms with E-state index in [9.17, 15) is 4.79 Å². The molecule has 1 saturated heterocycles. The van der Waals surface area contributed by atoms with Crippen LogP contribution in [0, 0.1) is 0 Å². The zero-order valence-corrected chi connectivity index (χ0v) is 14.1. The third-order valence-corrected chi connectivity index (χ3v) is 4.71. The van der Waals surface area contributed by atoms with Gasteiger partial charge in [-0.1, -0.05) is 22.0 Å². The summed E-state index contributed by atoms with van der Waals surface area (Å²) in [4.78, 5) is 15.6. The third-order valence-electron chi connectivity index (χ3n) is 3.98. The summed E-state index contributed by atoms with van der Waals surface area (Å²) in [6.07, 6.45) is 0. The predicted octanol–water partition coefficient (Wildman–Crippen LogP) is 1.48. The number of piperazine rings is 1. The highest BCUT2D eigenvalue weighted by atomic mass is 79.9. The van der Waals surface area contributed by atoms with E-state index >= 15 is 0 Å². The van der Waals surface area contributed by atoms with Gasteiger partial charge in [0, 0.05) is 43.2 Å². The van der Waals surface area contributed by atoms with Crippen molar-refractivity contribution in [2.75, 3.05) is 40.3 Å². The normalized spacial score (nSPS) is 20.6. The van der Waals surface area contributed by atoms with Crippen molar-refractivity contribution in [3.8, 4) is 0 Å². The minimum absolute atomic E-state index is 0.305. The van der Waals surface area contributed by atoms with Gasteiger partial charge in [0.2, 0.25) is 0 Å². The first-order valence-corrected chi connectivity index (χ1v) is 7.88. The fourth-order valence-electron chi connectivity index (χ4n) is 2.52. The van der Waals surface area contributed by atoms with Gasteiger partial charge in [-0.3, -0.25) is 4.90 Å². The second kappa shape index (κ2) is 7.35. The van der Waals surface area contributed by atoms with Crippen LogP contribution in [-0.2, 0) is 6.54 Å². The molecule has 1 fully saturated rings. The summed E-state index contributed by atoms with van der Waals surface area (Å²) in [6.45, 7) is 4.94. The Hall–Kier alpha value is -0.950. The molecule has 2 N–H and O–H groups in total. The van der Waals surface area contributed by atoms with E-state index in [0.29, 0.717) is 11.6 Å². The summed E-state index contributed by atoms with van der Waals surface area (Å²) in [5, 5.41) is 12.4. The zero-order valence-electron chi connectivity index (χ0n) is 12.5. The Labute approximate surface area is 134 Å². The number of nitrogens with zero attached hydrogens (tertiary/aromatic N) is 2. The Morgan fingerprint density at radius 1 is 1.43 bits per heavy atom. The summed E-state index contributed by atoms with van der Waals surface area (Å²) >= 11 is 3.44. The van der Waals surface area contributed by atoms with Gasteiger partial charge in [-0.05, 0) is 31.8 Å². The molecule has 1 heterocycles.